The third-order valence-electron chi connectivity index (χ3n) is 5.52. The molecule has 2 amide bonds. The van der Waals surface area contributed by atoms with Crippen LogP contribution in [-0.2, 0) is 22.6 Å². The van der Waals surface area contributed by atoms with Crippen LogP contribution in [0.1, 0.15) is 37.8 Å². The molecule has 0 aliphatic rings. The zero-order chi connectivity index (χ0) is 22.2. The number of nitrogens with one attached hydrogen (secondary N) is 1. The first-order valence-electron chi connectivity index (χ1n) is 10.8. The van der Waals surface area contributed by atoms with Gasteiger partial charge >= 0.3 is 0 Å². The molecule has 0 fully saturated rings. The lowest BCUT2D eigenvalue weighted by molar-refractivity contribution is -0.141. The fraction of sp³-hybridized carbons (Fsp3) is 0.308. The Kier molecular flexibility index (Phi) is 8.07. The fourth-order valence-electron chi connectivity index (χ4n) is 3.92. The molecule has 0 saturated heterocycles. The molecule has 4 nitrogen and oxygen atoms in total. The number of aryl methyl sites for hydroxylation is 1. The van der Waals surface area contributed by atoms with Gasteiger partial charge in [-0.2, -0.15) is 0 Å². The average Bonchev–Trinajstić information content (AvgIpc) is 2.78. The quantitative estimate of drug-likeness (QED) is 0.490. The molecule has 0 saturated carbocycles. The van der Waals surface area contributed by atoms with Crippen molar-refractivity contribution in [3.8, 4) is 0 Å². The lowest BCUT2D eigenvalue weighted by Gasteiger charge is -2.31. The Morgan fingerprint density at radius 2 is 1.61 bits per heavy atom. The van der Waals surface area contributed by atoms with Gasteiger partial charge in [-0.15, -0.1) is 0 Å². The summed E-state index contributed by atoms with van der Waals surface area (Å²) >= 11 is 6.36. The highest BCUT2D eigenvalue weighted by Gasteiger charge is 2.28. The summed E-state index contributed by atoms with van der Waals surface area (Å²) in [6.07, 6.45) is 1.48. The van der Waals surface area contributed by atoms with Crippen molar-refractivity contribution >= 4 is 34.2 Å². The molecule has 162 valence electrons. The summed E-state index contributed by atoms with van der Waals surface area (Å²) in [4.78, 5) is 27.8. The zero-order valence-electron chi connectivity index (χ0n) is 18.1. The predicted octanol–water partition coefficient (Wildman–Crippen LogP) is 5.37. The van der Waals surface area contributed by atoms with E-state index in [2.05, 4.69) is 29.6 Å². The molecule has 0 unspecified atom stereocenters. The molecule has 5 heteroatoms. The van der Waals surface area contributed by atoms with E-state index in [0.29, 0.717) is 37.4 Å². The minimum atomic E-state index is -0.531. The van der Waals surface area contributed by atoms with E-state index in [1.807, 2.05) is 56.3 Å². The lowest BCUT2D eigenvalue weighted by atomic mass is 10.00. The van der Waals surface area contributed by atoms with Crippen molar-refractivity contribution in [2.75, 3.05) is 6.54 Å². The third-order valence-corrected chi connectivity index (χ3v) is 5.89. The molecule has 1 N–H and O–H groups in total. The number of carbonyl (C=O) groups is 2. The van der Waals surface area contributed by atoms with Gasteiger partial charge in [-0.25, -0.2) is 0 Å². The number of hydrogen-bond acceptors (Lipinski definition) is 2. The van der Waals surface area contributed by atoms with E-state index in [-0.39, 0.29) is 11.8 Å². The Morgan fingerprint density at radius 3 is 2.35 bits per heavy atom. The third kappa shape index (κ3) is 5.65. The highest BCUT2D eigenvalue weighted by Crippen LogP contribution is 2.23. The van der Waals surface area contributed by atoms with Crippen molar-refractivity contribution in [2.24, 2.45) is 0 Å². The molecule has 31 heavy (non-hydrogen) atoms. The van der Waals surface area contributed by atoms with Gasteiger partial charge in [0.15, 0.2) is 0 Å². The monoisotopic (exact) mass is 436 g/mol. The van der Waals surface area contributed by atoms with Crippen molar-refractivity contribution < 1.29 is 9.59 Å². The topological polar surface area (TPSA) is 49.4 Å². The molecule has 1 atom stereocenters. The van der Waals surface area contributed by atoms with Gasteiger partial charge in [-0.3, -0.25) is 9.59 Å². The molecule has 0 aliphatic heterocycles. The van der Waals surface area contributed by atoms with Crippen LogP contribution in [0.3, 0.4) is 0 Å². The molecule has 0 radical (unpaired) electrons. The van der Waals surface area contributed by atoms with Crippen LogP contribution in [0.15, 0.2) is 66.7 Å². The highest BCUT2D eigenvalue weighted by molar-refractivity contribution is 6.31. The molecule has 3 rings (SSSR count). The normalized spacial score (nSPS) is 11.8. The van der Waals surface area contributed by atoms with E-state index in [4.69, 9.17) is 11.6 Å². The smallest absolute Gasteiger partial charge is 0.242 e. The maximum atomic E-state index is 13.4. The summed E-state index contributed by atoms with van der Waals surface area (Å²) in [6, 6.07) is 21.3. The van der Waals surface area contributed by atoms with E-state index >= 15 is 0 Å². The largest absolute Gasteiger partial charge is 0.355 e. The molecule has 0 aliphatic carbocycles. The van der Waals surface area contributed by atoms with Crippen molar-refractivity contribution in [1.82, 2.24) is 10.2 Å². The minimum absolute atomic E-state index is 0.0500. The fourth-order valence-corrected chi connectivity index (χ4v) is 4.11. The van der Waals surface area contributed by atoms with E-state index in [9.17, 15) is 9.59 Å². The zero-order valence-corrected chi connectivity index (χ0v) is 18.9. The molecule has 3 aromatic rings. The first-order valence-corrected chi connectivity index (χ1v) is 11.2. The summed E-state index contributed by atoms with van der Waals surface area (Å²) < 4.78 is 0. The first kappa shape index (κ1) is 22.8. The molecule has 0 bridgehead atoms. The number of nitrogens with zero attached hydrogens (tertiary/aromatic N) is 1. The van der Waals surface area contributed by atoms with Crippen LogP contribution in [0.5, 0.6) is 0 Å². The summed E-state index contributed by atoms with van der Waals surface area (Å²) in [7, 11) is 0. The van der Waals surface area contributed by atoms with Gasteiger partial charge in [-0.05, 0) is 47.7 Å². The highest BCUT2D eigenvalue weighted by atomic mass is 35.5. The number of benzene rings is 3. The second-order valence-corrected chi connectivity index (χ2v) is 7.98. The lowest BCUT2D eigenvalue weighted by Crippen LogP contribution is -2.49. The molecule has 0 spiro atoms. The predicted molar refractivity (Wildman–Crippen MR) is 127 cm³/mol. The van der Waals surface area contributed by atoms with Gasteiger partial charge in [-0.1, -0.05) is 79.2 Å². The van der Waals surface area contributed by atoms with Crippen molar-refractivity contribution in [1.29, 1.82) is 0 Å². The molecule has 3 aromatic carbocycles. The number of likely N-dealkylation sites (N-methyl/N-ethyl adjacent to an activating group) is 1. The summed E-state index contributed by atoms with van der Waals surface area (Å²) in [5, 5.41) is 5.78. The van der Waals surface area contributed by atoms with Crippen LogP contribution < -0.4 is 5.32 Å². The van der Waals surface area contributed by atoms with Crippen LogP contribution >= 0.6 is 11.6 Å². The van der Waals surface area contributed by atoms with Gasteiger partial charge in [0.05, 0.1) is 0 Å². The van der Waals surface area contributed by atoms with Crippen molar-refractivity contribution in [3.63, 3.8) is 0 Å². The second-order valence-electron chi connectivity index (χ2n) is 7.57. The first-order chi connectivity index (χ1) is 15.0. The van der Waals surface area contributed by atoms with Crippen LogP contribution in [0.2, 0.25) is 5.02 Å². The summed E-state index contributed by atoms with van der Waals surface area (Å²) in [6.45, 7) is 4.64. The Morgan fingerprint density at radius 1 is 0.935 bits per heavy atom. The SMILES string of the molecule is CCNC(=O)[C@@H](CC)N(Cc1ccccc1Cl)C(=O)CCc1cccc2ccccc12. The number of amides is 2. The number of halogens is 1. The van der Waals surface area contributed by atoms with Crippen molar-refractivity contribution in [2.45, 2.75) is 45.7 Å². The Labute approximate surface area is 189 Å². The number of carbonyl (C=O) groups excluding carboxylic acids is 2. The molecule has 0 heterocycles. The van der Waals surface area contributed by atoms with Crippen LogP contribution in [0.25, 0.3) is 10.8 Å². The van der Waals surface area contributed by atoms with Crippen molar-refractivity contribution in [3.05, 3.63) is 82.9 Å². The van der Waals surface area contributed by atoms with E-state index in [0.717, 1.165) is 21.9 Å². The van der Waals surface area contributed by atoms with Gasteiger partial charge < -0.3 is 10.2 Å². The number of fused-ring (bicyclic) bond motifs is 1. The van der Waals surface area contributed by atoms with Gasteiger partial charge in [0.1, 0.15) is 6.04 Å². The van der Waals surface area contributed by atoms with Gasteiger partial charge in [0.25, 0.3) is 0 Å². The number of rotatable bonds is 9. The Balaban J connectivity index is 1.84. The Hall–Kier alpha value is -2.85. The van der Waals surface area contributed by atoms with Gasteiger partial charge in [0.2, 0.25) is 11.8 Å². The average molecular weight is 437 g/mol. The minimum Gasteiger partial charge on any atom is -0.355 e. The van der Waals surface area contributed by atoms with E-state index in [1.54, 1.807) is 4.90 Å². The van der Waals surface area contributed by atoms with E-state index < -0.39 is 6.04 Å². The Bertz CT molecular complexity index is 1050. The molecular weight excluding hydrogens is 408 g/mol. The molecule has 0 aromatic heterocycles. The van der Waals surface area contributed by atoms with Crippen LogP contribution in [-0.4, -0.2) is 29.3 Å². The van der Waals surface area contributed by atoms with Crippen LogP contribution in [0, 0.1) is 0 Å². The van der Waals surface area contributed by atoms with Gasteiger partial charge in [0, 0.05) is 24.5 Å². The van der Waals surface area contributed by atoms with Crippen LogP contribution in [0.4, 0.5) is 0 Å². The maximum absolute atomic E-state index is 13.4. The summed E-state index contributed by atoms with van der Waals surface area (Å²) in [5.74, 6) is -0.179. The standard InChI is InChI=1S/C26H29ClN2O2/c1-3-24(26(31)28-4-2)29(18-21-11-6-8-15-23(21)27)25(30)17-16-20-13-9-12-19-10-5-7-14-22(19)20/h5-15,24H,3-4,16-18H2,1-2H3,(H,28,31)/t24-/m1/s1. The second kappa shape index (κ2) is 11.0. The summed E-state index contributed by atoms with van der Waals surface area (Å²) in [5.41, 5.74) is 1.97. The number of hydrogen-bond donors (Lipinski definition) is 1. The molecular formula is C26H29ClN2O2. The van der Waals surface area contributed by atoms with E-state index in [1.165, 1.54) is 0 Å². The maximum Gasteiger partial charge on any atom is 0.242 e.